The molecule has 86 valence electrons. The van der Waals surface area contributed by atoms with E-state index < -0.39 is 5.97 Å². The summed E-state index contributed by atoms with van der Waals surface area (Å²) in [5.74, 6) is -0.693. The fourth-order valence-corrected chi connectivity index (χ4v) is 3.13. The van der Waals surface area contributed by atoms with E-state index in [0.717, 1.165) is 30.2 Å². The number of carboxylic acid groups (broad SMARTS) is 1. The molecule has 0 heterocycles. The van der Waals surface area contributed by atoms with Crippen LogP contribution in [0.4, 0.5) is 0 Å². The molecule has 1 aromatic carbocycles. The highest BCUT2D eigenvalue weighted by Crippen LogP contribution is 2.44. The van der Waals surface area contributed by atoms with Gasteiger partial charge in [0.15, 0.2) is 0 Å². The lowest BCUT2D eigenvalue weighted by Crippen LogP contribution is -2.25. The van der Waals surface area contributed by atoms with Gasteiger partial charge in [-0.2, -0.15) is 0 Å². The van der Waals surface area contributed by atoms with Gasteiger partial charge in [-0.25, -0.2) is 0 Å². The number of carbonyl (C=O) groups is 1. The van der Waals surface area contributed by atoms with Crippen LogP contribution in [0.2, 0.25) is 0 Å². The molecule has 1 aliphatic carbocycles. The largest absolute Gasteiger partial charge is 0.481 e. The van der Waals surface area contributed by atoms with Gasteiger partial charge < -0.3 is 5.11 Å². The van der Waals surface area contributed by atoms with Gasteiger partial charge in [0.1, 0.15) is 0 Å². The van der Waals surface area contributed by atoms with E-state index in [0.29, 0.717) is 0 Å². The summed E-state index contributed by atoms with van der Waals surface area (Å²) >= 11 is 3.45. The smallest absolute Gasteiger partial charge is 0.304 e. The normalized spacial score (nSPS) is 18.6. The summed E-state index contributed by atoms with van der Waals surface area (Å²) < 4.78 is 1.03. The lowest BCUT2D eigenvalue weighted by atomic mass is 9.76. The van der Waals surface area contributed by atoms with Gasteiger partial charge in [0, 0.05) is 9.89 Å². The van der Waals surface area contributed by atoms with Crippen molar-refractivity contribution in [2.75, 3.05) is 0 Å². The molecule has 0 aromatic heterocycles. The number of carboxylic acids is 1. The predicted octanol–water partition coefficient (Wildman–Crippen LogP) is 3.74. The SMILES string of the molecule is O=C(O)CC1(c2cccc(Br)c2)CCCC1. The zero-order chi connectivity index (χ0) is 11.6. The quantitative estimate of drug-likeness (QED) is 0.917. The Morgan fingerprint density at radius 3 is 2.62 bits per heavy atom. The zero-order valence-corrected chi connectivity index (χ0v) is 10.7. The number of rotatable bonds is 3. The first-order chi connectivity index (χ1) is 7.62. The second-order valence-electron chi connectivity index (χ2n) is 4.57. The first-order valence-electron chi connectivity index (χ1n) is 5.60. The van der Waals surface area contributed by atoms with Crippen LogP contribution in [-0.2, 0) is 10.2 Å². The Balaban J connectivity index is 2.35. The molecule has 16 heavy (non-hydrogen) atoms. The van der Waals surface area contributed by atoms with Crippen LogP contribution in [-0.4, -0.2) is 11.1 Å². The number of hydrogen-bond donors (Lipinski definition) is 1. The van der Waals surface area contributed by atoms with E-state index in [2.05, 4.69) is 28.1 Å². The Hall–Kier alpha value is -0.830. The monoisotopic (exact) mass is 282 g/mol. The zero-order valence-electron chi connectivity index (χ0n) is 9.08. The summed E-state index contributed by atoms with van der Waals surface area (Å²) in [6.07, 6.45) is 4.52. The third kappa shape index (κ3) is 2.29. The van der Waals surface area contributed by atoms with Crippen LogP contribution in [0.15, 0.2) is 28.7 Å². The molecule has 0 spiro atoms. The molecule has 1 aliphatic rings. The summed E-state index contributed by atoms with van der Waals surface area (Å²) in [5.41, 5.74) is 1.04. The Morgan fingerprint density at radius 2 is 2.06 bits per heavy atom. The Morgan fingerprint density at radius 1 is 1.38 bits per heavy atom. The molecule has 2 nitrogen and oxygen atoms in total. The van der Waals surface area contributed by atoms with Crippen molar-refractivity contribution >= 4 is 21.9 Å². The van der Waals surface area contributed by atoms with Crippen molar-refractivity contribution in [2.45, 2.75) is 37.5 Å². The van der Waals surface area contributed by atoms with Crippen LogP contribution in [0, 0.1) is 0 Å². The number of benzene rings is 1. The molecule has 3 heteroatoms. The highest BCUT2D eigenvalue weighted by molar-refractivity contribution is 9.10. The van der Waals surface area contributed by atoms with Crippen molar-refractivity contribution in [1.29, 1.82) is 0 Å². The molecule has 0 amide bonds. The third-order valence-electron chi connectivity index (χ3n) is 3.49. The van der Waals surface area contributed by atoms with Gasteiger partial charge in [-0.05, 0) is 30.5 Å². The Bertz CT molecular complexity index is 395. The molecule has 1 N–H and O–H groups in total. The van der Waals surface area contributed by atoms with Crippen LogP contribution in [0.5, 0.6) is 0 Å². The van der Waals surface area contributed by atoms with Gasteiger partial charge in [-0.15, -0.1) is 0 Å². The minimum Gasteiger partial charge on any atom is -0.481 e. The van der Waals surface area contributed by atoms with Crippen LogP contribution in [0.3, 0.4) is 0 Å². The fourth-order valence-electron chi connectivity index (χ4n) is 2.73. The molecule has 1 fully saturated rings. The molecule has 0 atom stereocenters. The maximum Gasteiger partial charge on any atom is 0.304 e. The van der Waals surface area contributed by atoms with E-state index in [1.54, 1.807) is 0 Å². The molecule has 0 unspecified atom stereocenters. The summed E-state index contributed by atoms with van der Waals surface area (Å²) in [7, 11) is 0. The standard InChI is InChI=1S/C13H15BrO2/c14-11-5-3-4-10(8-11)13(9-12(15)16)6-1-2-7-13/h3-5,8H,1-2,6-7,9H2,(H,15,16). The van der Waals surface area contributed by atoms with Crippen molar-refractivity contribution in [2.24, 2.45) is 0 Å². The van der Waals surface area contributed by atoms with Gasteiger partial charge in [0.05, 0.1) is 6.42 Å². The average Bonchev–Trinajstić information content (AvgIpc) is 2.66. The number of aliphatic carboxylic acids is 1. The van der Waals surface area contributed by atoms with E-state index in [-0.39, 0.29) is 11.8 Å². The van der Waals surface area contributed by atoms with Crippen LogP contribution in [0.1, 0.15) is 37.7 Å². The van der Waals surface area contributed by atoms with Gasteiger partial charge in [-0.3, -0.25) is 4.79 Å². The maximum absolute atomic E-state index is 11.0. The van der Waals surface area contributed by atoms with E-state index in [9.17, 15) is 4.79 Å². The first kappa shape index (κ1) is 11.6. The number of hydrogen-bond acceptors (Lipinski definition) is 1. The second kappa shape index (κ2) is 4.58. The predicted molar refractivity (Wildman–Crippen MR) is 66.5 cm³/mol. The Labute approximate surface area is 104 Å². The topological polar surface area (TPSA) is 37.3 Å². The molecule has 0 saturated heterocycles. The summed E-state index contributed by atoms with van der Waals surface area (Å²) in [6.45, 7) is 0. The van der Waals surface area contributed by atoms with Crippen molar-refractivity contribution in [3.63, 3.8) is 0 Å². The van der Waals surface area contributed by atoms with E-state index in [1.807, 2.05) is 12.1 Å². The summed E-state index contributed by atoms with van der Waals surface area (Å²) in [5, 5.41) is 9.06. The van der Waals surface area contributed by atoms with Gasteiger partial charge in [-0.1, -0.05) is 40.9 Å². The second-order valence-corrected chi connectivity index (χ2v) is 5.48. The fraction of sp³-hybridized carbons (Fsp3) is 0.462. The summed E-state index contributed by atoms with van der Waals surface area (Å²) in [4.78, 5) is 11.0. The van der Waals surface area contributed by atoms with E-state index in [1.165, 1.54) is 5.56 Å². The van der Waals surface area contributed by atoms with Gasteiger partial charge >= 0.3 is 5.97 Å². The number of halogens is 1. The lowest BCUT2D eigenvalue weighted by Gasteiger charge is -2.28. The van der Waals surface area contributed by atoms with Gasteiger partial charge in [0.2, 0.25) is 0 Å². The molecule has 0 aliphatic heterocycles. The Kier molecular flexibility index (Phi) is 3.33. The third-order valence-corrected chi connectivity index (χ3v) is 3.98. The van der Waals surface area contributed by atoms with Crippen LogP contribution < -0.4 is 0 Å². The van der Waals surface area contributed by atoms with Crippen LogP contribution in [0.25, 0.3) is 0 Å². The highest BCUT2D eigenvalue weighted by Gasteiger charge is 2.37. The average molecular weight is 283 g/mol. The lowest BCUT2D eigenvalue weighted by molar-refractivity contribution is -0.138. The van der Waals surface area contributed by atoms with Gasteiger partial charge in [0.25, 0.3) is 0 Å². The van der Waals surface area contributed by atoms with Crippen molar-refractivity contribution < 1.29 is 9.90 Å². The molecular formula is C13H15BrO2. The molecule has 0 bridgehead atoms. The maximum atomic E-state index is 11.0. The van der Waals surface area contributed by atoms with Crippen molar-refractivity contribution in [3.05, 3.63) is 34.3 Å². The highest BCUT2D eigenvalue weighted by atomic mass is 79.9. The van der Waals surface area contributed by atoms with Crippen molar-refractivity contribution in [3.8, 4) is 0 Å². The minimum absolute atomic E-state index is 0.129. The molecule has 2 rings (SSSR count). The van der Waals surface area contributed by atoms with E-state index in [4.69, 9.17) is 5.11 Å². The molecule has 0 radical (unpaired) electrons. The molecular weight excluding hydrogens is 268 g/mol. The molecule has 1 saturated carbocycles. The van der Waals surface area contributed by atoms with E-state index >= 15 is 0 Å². The molecule has 1 aromatic rings. The van der Waals surface area contributed by atoms with Crippen LogP contribution >= 0.6 is 15.9 Å². The van der Waals surface area contributed by atoms with Crippen molar-refractivity contribution in [1.82, 2.24) is 0 Å². The first-order valence-corrected chi connectivity index (χ1v) is 6.40. The minimum atomic E-state index is -0.693. The summed E-state index contributed by atoms with van der Waals surface area (Å²) in [6, 6.07) is 8.08.